The molecular weight excluding hydrogens is 217 g/mol. The lowest BCUT2D eigenvalue weighted by Gasteiger charge is -2.09. The van der Waals surface area contributed by atoms with Crippen molar-refractivity contribution in [2.75, 3.05) is 6.61 Å². The summed E-state index contributed by atoms with van der Waals surface area (Å²) in [6.45, 7) is 1.47. The van der Waals surface area contributed by atoms with Crippen molar-refractivity contribution in [3.63, 3.8) is 0 Å². The van der Waals surface area contributed by atoms with E-state index in [1.165, 1.54) is 31.7 Å². The van der Waals surface area contributed by atoms with Crippen molar-refractivity contribution in [1.82, 2.24) is 5.32 Å². The van der Waals surface area contributed by atoms with E-state index in [0.29, 0.717) is 24.3 Å². The van der Waals surface area contributed by atoms with Crippen molar-refractivity contribution in [1.29, 1.82) is 0 Å². The maximum atomic E-state index is 13.5. The molecule has 0 atom stereocenters. The van der Waals surface area contributed by atoms with Crippen molar-refractivity contribution in [2.24, 2.45) is 5.92 Å². The zero-order chi connectivity index (χ0) is 11.7. The van der Waals surface area contributed by atoms with Gasteiger partial charge in [-0.1, -0.05) is 6.07 Å². The molecule has 2 saturated carbocycles. The Morgan fingerprint density at radius 3 is 2.76 bits per heavy atom. The number of nitrogens with one attached hydrogen (secondary N) is 1. The second-order valence-electron chi connectivity index (χ2n) is 5.17. The summed E-state index contributed by atoms with van der Waals surface area (Å²) >= 11 is 0. The third-order valence-electron chi connectivity index (χ3n) is 3.34. The van der Waals surface area contributed by atoms with E-state index >= 15 is 0 Å². The third-order valence-corrected chi connectivity index (χ3v) is 3.34. The minimum atomic E-state index is -0.249. The first-order valence-corrected chi connectivity index (χ1v) is 6.46. The van der Waals surface area contributed by atoms with Gasteiger partial charge in [0.2, 0.25) is 0 Å². The lowest BCUT2D eigenvalue weighted by Crippen LogP contribution is -2.15. The molecule has 0 radical (unpaired) electrons. The van der Waals surface area contributed by atoms with E-state index in [2.05, 4.69) is 5.32 Å². The van der Waals surface area contributed by atoms with Crippen molar-refractivity contribution in [2.45, 2.75) is 38.3 Å². The van der Waals surface area contributed by atoms with Gasteiger partial charge in [0.05, 0.1) is 6.61 Å². The Hall–Kier alpha value is -1.09. The number of halogens is 1. The van der Waals surface area contributed by atoms with Crippen LogP contribution in [0.2, 0.25) is 0 Å². The average Bonchev–Trinajstić information content (AvgIpc) is 3.20. The summed E-state index contributed by atoms with van der Waals surface area (Å²) in [5.41, 5.74) is 1.10. The molecule has 0 saturated heterocycles. The molecule has 2 aliphatic rings. The van der Waals surface area contributed by atoms with E-state index < -0.39 is 0 Å². The fraction of sp³-hybridized carbons (Fsp3) is 0.571. The minimum absolute atomic E-state index is 0.249. The molecule has 3 rings (SSSR count). The zero-order valence-corrected chi connectivity index (χ0v) is 9.92. The summed E-state index contributed by atoms with van der Waals surface area (Å²) in [5.74, 6) is 0.815. The van der Waals surface area contributed by atoms with Crippen molar-refractivity contribution in [3.05, 3.63) is 29.6 Å². The van der Waals surface area contributed by atoms with Gasteiger partial charge in [0, 0.05) is 12.6 Å². The first-order chi connectivity index (χ1) is 8.31. The van der Waals surface area contributed by atoms with Crippen LogP contribution < -0.4 is 10.1 Å². The normalized spacial score (nSPS) is 19.4. The Morgan fingerprint density at radius 2 is 2.06 bits per heavy atom. The Bertz CT molecular complexity index is 399. The summed E-state index contributed by atoms with van der Waals surface area (Å²) < 4.78 is 19.0. The van der Waals surface area contributed by atoms with Crippen LogP contribution in [0.15, 0.2) is 18.2 Å². The monoisotopic (exact) mass is 235 g/mol. The third kappa shape index (κ3) is 3.19. The summed E-state index contributed by atoms with van der Waals surface area (Å²) in [6.07, 6.45) is 4.99. The molecule has 0 spiro atoms. The molecule has 2 aliphatic carbocycles. The lowest BCUT2D eigenvalue weighted by atomic mass is 10.2. The van der Waals surface area contributed by atoms with E-state index in [9.17, 15) is 4.39 Å². The Kier molecular flexibility index (Phi) is 3.02. The number of benzene rings is 1. The molecule has 1 N–H and O–H groups in total. The topological polar surface area (TPSA) is 21.3 Å². The Labute approximate surface area is 101 Å². The summed E-state index contributed by atoms with van der Waals surface area (Å²) in [6, 6.07) is 5.84. The van der Waals surface area contributed by atoms with Crippen LogP contribution in [0.5, 0.6) is 5.75 Å². The highest BCUT2D eigenvalue weighted by molar-refractivity contribution is 5.30. The van der Waals surface area contributed by atoms with E-state index in [1.54, 1.807) is 0 Å². The number of hydrogen-bond donors (Lipinski definition) is 1. The molecule has 92 valence electrons. The first kappa shape index (κ1) is 11.0. The molecule has 0 aromatic heterocycles. The summed E-state index contributed by atoms with van der Waals surface area (Å²) in [4.78, 5) is 0. The van der Waals surface area contributed by atoms with Gasteiger partial charge in [-0.2, -0.15) is 0 Å². The molecular formula is C14H18FNO. The average molecular weight is 235 g/mol. The molecule has 0 unspecified atom stereocenters. The molecule has 0 aliphatic heterocycles. The molecule has 2 fully saturated rings. The smallest absolute Gasteiger partial charge is 0.165 e. The van der Waals surface area contributed by atoms with E-state index in [0.717, 1.165) is 12.1 Å². The van der Waals surface area contributed by atoms with Crippen molar-refractivity contribution < 1.29 is 9.13 Å². The van der Waals surface area contributed by atoms with Crippen LogP contribution in [-0.4, -0.2) is 12.6 Å². The molecule has 3 heteroatoms. The predicted molar refractivity (Wildman–Crippen MR) is 64.5 cm³/mol. The molecule has 17 heavy (non-hydrogen) atoms. The highest BCUT2D eigenvalue weighted by atomic mass is 19.1. The van der Waals surface area contributed by atoms with Crippen LogP contribution in [0.25, 0.3) is 0 Å². The number of ether oxygens (including phenoxy) is 1. The highest BCUT2D eigenvalue weighted by Crippen LogP contribution is 2.30. The van der Waals surface area contributed by atoms with Gasteiger partial charge in [-0.15, -0.1) is 0 Å². The first-order valence-electron chi connectivity index (χ1n) is 6.46. The molecule has 2 nitrogen and oxygen atoms in total. The SMILES string of the molecule is Fc1ccc(CNC2CC2)cc1OCC1CC1. The second-order valence-corrected chi connectivity index (χ2v) is 5.17. The van der Waals surface area contributed by atoms with Crippen LogP contribution in [-0.2, 0) is 6.54 Å². The van der Waals surface area contributed by atoms with Crippen LogP contribution in [0.3, 0.4) is 0 Å². The van der Waals surface area contributed by atoms with Gasteiger partial charge in [-0.05, 0) is 49.3 Å². The van der Waals surface area contributed by atoms with Gasteiger partial charge in [0.25, 0.3) is 0 Å². The fourth-order valence-electron chi connectivity index (χ4n) is 1.81. The lowest BCUT2D eigenvalue weighted by molar-refractivity contribution is 0.285. The summed E-state index contributed by atoms with van der Waals surface area (Å²) in [7, 11) is 0. The molecule has 0 bridgehead atoms. The van der Waals surface area contributed by atoms with E-state index in [1.807, 2.05) is 12.1 Å². The fourth-order valence-corrected chi connectivity index (χ4v) is 1.81. The predicted octanol–water partition coefficient (Wildman–Crippen LogP) is 2.87. The van der Waals surface area contributed by atoms with Gasteiger partial charge in [0.15, 0.2) is 11.6 Å². The second kappa shape index (κ2) is 4.65. The molecule has 0 amide bonds. The maximum Gasteiger partial charge on any atom is 0.165 e. The highest BCUT2D eigenvalue weighted by Gasteiger charge is 2.23. The largest absolute Gasteiger partial charge is 0.490 e. The molecule has 1 aromatic carbocycles. The Balaban J connectivity index is 1.60. The maximum absolute atomic E-state index is 13.5. The minimum Gasteiger partial charge on any atom is -0.490 e. The van der Waals surface area contributed by atoms with Gasteiger partial charge < -0.3 is 10.1 Å². The van der Waals surface area contributed by atoms with Gasteiger partial charge in [0.1, 0.15) is 0 Å². The quantitative estimate of drug-likeness (QED) is 0.818. The van der Waals surface area contributed by atoms with E-state index in [-0.39, 0.29) is 5.82 Å². The molecule has 1 aromatic rings. The van der Waals surface area contributed by atoms with Crippen LogP contribution in [0.4, 0.5) is 4.39 Å². The summed E-state index contributed by atoms with van der Waals surface area (Å²) in [5, 5.41) is 3.42. The van der Waals surface area contributed by atoms with Gasteiger partial charge in [-0.25, -0.2) is 4.39 Å². The van der Waals surface area contributed by atoms with Crippen molar-refractivity contribution >= 4 is 0 Å². The van der Waals surface area contributed by atoms with Gasteiger partial charge >= 0.3 is 0 Å². The molecule has 0 heterocycles. The standard InChI is InChI=1S/C14H18FNO/c15-13-6-3-11(8-16-12-4-5-12)7-14(13)17-9-10-1-2-10/h3,6-7,10,12,16H,1-2,4-5,8-9H2. The van der Waals surface area contributed by atoms with Crippen LogP contribution >= 0.6 is 0 Å². The van der Waals surface area contributed by atoms with Crippen LogP contribution in [0, 0.1) is 11.7 Å². The van der Waals surface area contributed by atoms with E-state index in [4.69, 9.17) is 4.74 Å². The zero-order valence-electron chi connectivity index (χ0n) is 9.92. The Morgan fingerprint density at radius 1 is 1.24 bits per heavy atom. The number of rotatable bonds is 6. The van der Waals surface area contributed by atoms with Gasteiger partial charge in [-0.3, -0.25) is 0 Å². The number of hydrogen-bond acceptors (Lipinski definition) is 2. The van der Waals surface area contributed by atoms with Crippen molar-refractivity contribution in [3.8, 4) is 5.75 Å². The van der Waals surface area contributed by atoms with Crippen LogP contribution in [0.1, 0.15) is 31.2 Å².